The number of hydrogen-bond donors (Lipinski definition) is 1. The van der Waals surface area contributed by atoms with E-state index in [0.717, 1.165) is 37.2 Å². The highest BCUT2D eigenvalue weighted by Crippen LogP contribution is 2.26. The zero-order valence-electron chi connectivity index (χ0n) is 12.3. The van der Waals surface area contributed by atoms with Gasteiger partial charge in [0, 0.05) is 17.8 Å². The molecule has 0 aliphatic heterocycles. The topological polar surface area (TPSA) is 51.8 Å². The van der Waals surface area contributed by atoms with Crippen LogP contribution in [-0.4, -0.2) is 16.5 Å². The molecule has 1 unspecified atom stereocenters. The maximum absolute atomic E-state index is 13.7. The number of halogens is 1. The van der Waals surface area contributed by atoms with Crippen molar-refractivity contribution in [3.63, 3.8) is 0 Å². The van der Waals surface area contributed by atoms with Crippen molar-refractivity contribution in [3.8, 4) is 0 Å². The van der Waals surface area contributed by atoms with Crippen molar-refractivity contribution in [3.05, 3.63) is 58.4 Å². The van der Waals surface area contributed by atoms with E-state index in [1.807, 2.05) is 13.0 Å². The molecule has 4 heteroatoms. The molecule has 2 aromatic rings. The van der Waals surface area contributed by atoms with E-state index in [1.54, 1.807) is 12.1 Å². The Kier molecular flexibility index (Phi) is 3.97. The highest BCUT2D eigenvalue weighted by Gasteiger charge is 2.21. The normalized spacial score (nSPS) is 17.6. The Morgan fingerprint density at radius 3 is 2.86 bits per heavy atom. The fraction of sp³-hybridized carbons (Fsp3) is 0.412. The highest BCUT2D eigenvalue weighted by molar-refractivity contribution is 5.30. The van der Waals surface area contributed by atoms with E-state index >= 15 is 0 Å². The van der Waals surface area contributed by atoms with Gasteiger partial charge in [0.2, 0.25) is 0 Å². The van der Waals surface area contributed by atoms with E-state index in [4.69, 9.17) is 5.73 Å². The fourth-order valence-electron chi connectivity index (χ4n) is 3.01. The summed E-state index contributed by atoms with van der Waals surface area (Å²) < 4.78 is 13.7. The standard InChI is InChI=1S/C17H20FN3/c1-11-14-8-12(10-19)6-7-16(14)21-17(20-11)9-13-4-2-3-5-15(13)18/h2-5,12H,6-10,19H2,1H3. The molecule has 1 aliphatic rings. The lowest BCUT2D eigenvalue weighted by molar-refractivity contribution is 0.458. The average molecular weight is 285 g/mol. The third-order valence-corrected chi connectivity index (χ3v) is 4.27. The van der Waals surface area contributed by atoms with Crippen LogP contribution in [0.15, 0.2) is 24.3 Å². The molecule has 0 bridgehead atoms. The molecule has 0 fully saturated rings. The number of benzene rings is 1. The second kappa shape index (κ2) is 5.90. The van der Waals surface area contributed by atoms with Crippen molar-refractivity contribution in [2.45, 2.75) is 32.6 Å². The van der Waals surface area contributed by atoms with E-state index in [9.17, 15) is 4.39 Å². The number of nitrogens with zero attached hydrogens (tertiary/aromatic N) is 2. The Balaban J connectivity index is 1.89. The first-order valence-electron chi connectivity index (χ1n) is 7.46. The third kappa shape index (κ3) is 2.95. The van der Waals surface area contributed by atoms with E-state index < -0.39 is 0 Å². The van der Waals surface area contributed by atoms with Gasteiger partial charge in [-0.1, -0.05) is 18.2 Å². The molecule has 0 saturated carbocycles. The van der Waals surface area contributed by atoms with Crippen molar-refractivity contribution in [1.29, 1.82) is 0 Å². The molecular weight excluding hydrogens is 265 g/mol. The number of rotatable bonds is 3. The predicted octanol–water partition coefficient (Wildman–Crippen LogP) is 2.58. The zero-order valence-corrected chi connectivity index (χ0v) is 12.3. The Morgan fingerprint density at radius 2 is 2.10 bits per heavy atom. The molecule has 0 radical (unpaired) electrons. The Hall–Kier alpha value is -1.81. The maximum Gasteiger partial charge on any atom is 0.133 e. The van der Waals surface area contributed by atoms with Crippen LogP contribution in [0.4, 0.5) is 4.39 Å². The molecule has 0 amide bonds. The highest BCUT2D eigenvalue weighted by atomic mass is 19.1. The van der Waals surface area contributed by atoms with Crippen molar-refractivity contribution in [1.82, 2.24) is 9.97 Å². The monoisotopic (exact) mass is 285 g/mol. The Labute approximate surface area is 124 Å². The molecule has 3 nitrogen and oxygen atoms in total. The Morgan fingerprint density at radius 1 is 1.29 bits per heavy atom. The van der Waals surface area contributed by atoms with E-state index in [1.165, 1.54) is 11.6 Å². The summed E-state index contributed by atoms with van der Waals surface area (Å²) in [6, 6.07) is 6.81. The number of aryl methyl sites for hydroxylation is 2. The lowest BCUT2D eigenvalue weighted by Gasteiger charge is -2.24. The third-order valence-electron chi connectivity index (χ3n) is 4.27. The summed E-state index contributed by atoms with van der Waals surface area (Å²) in [7, 11) is 0. The molecule has 1 aromatic heterocycles. The number of nitrogens with two attached hydrogens (primary N) is 1. The molecule has 2 N–H and O–H groups in total. The van der Waals surface area contributed by atoms with Gasteiger partial charge in [-0.3, -0.25) is 0 Å². The van der Waals surface area contributed by atoms with Crippen molar-refractivity contribution in [2.75, 3.05) is 6.54 Å². The van der Waals surface area contributed by atoms with Crippen molar-refractivity contribution >= 4 is 0 Å². The van der Waals surface area contributed by atoms with Gasteiger partial charge in [-0.2, -0.15) is 0 Å². The van der Waals surface area contributed by atoms with Crippen LogP contribution >= 0.6 is 0 Å². The van der Waals surface area contributed by atoms with Crippen LogP contribution in [0, 0.1) is 18.7 Å². The molecule has 3 rings (SSSR count). The molecule has 110 valence electrons. The molecular formula is C17H20FN3. The molecule has 1 aromatic carbocycles. The van der Waals surface area contributed by atoms with E-state index in [-0.39, 0.29) is 5.82 Å². The first kappa shape index (κ1) is 14.1. The largest absolute Gasteiger partial charge is 0.330 e. The van der Waals surface area contributed by atoms with Gasteiger partial charge in [0.1, 0.15) is 11.6 Å². The van der Waals surface area contributed by atoms with Gasteiger partial charge in [-0.25, -0.2) is 14.4 Å². The fourth-order valence-corrected chi connectivity index (χ4v) is 3.01. The van der Waals surface area contributed by atoms with Crippen LogP contribution in [0.25, 0.3) is 0 Å². The summed E-state index contributed by atoms with van der Waals surface area (Å²) in [5, 5.41) is 0. The first-order chi connectivity index (χ1) is 10.2. The maximum atomic E-state index is 13.7. The minimum absolute atomic E-state index is 0.195. The molecule has 1 atom stereocenters. The smallest absolute Gasteiger partial charge is 0.133 e. The lowest BCUT2D eigenvalue weighted by Crippen LogP contribution is -2.24. The quantitative estimate of drug-likeness (QED) is 0.943. The number of hydrogen-bond acceptors (Lipinski definition) is 3. The van der Waals surface area contributed by atoms with Gasteiger partial charge < -0.3 is 5.73 Å². The van der Waals surface area contributed by atoms with Crippen LogP contribution in [0.5, 0.6) is 0 Å². The summed E-state index contributed by atoms with van der Waals surface area (Å²) in [4.78, 5) is 9.23. The van der Waals surface area contributed by atoms with Gasteiger partial charge in [0.25, 0.3) is 0 Å². The molecule has 21 heavy (non-hydrogen) atoms. The molecule has 0 saturated heterocycles. The van der Waals surface area contributed by atoms with E-state index in [0.29, 0.717) is 23.7 Å². The van der Waals surface area contributed by atoms with Gasteiger partial charge in [-0.15, -0.1) is 0 Å². The van der Waals surface area contributed by atoms with Crippen LogP contribution in [0.2, 0.25) is 0 Å². The van der Waals surface area contributed by atoms with Crippen LogP contribution in [-0.2, 0) is 19.3 Å². The van der Waals surface area contributed by atoms with Crippen molar-refractivity contribution < 1.29 is 4.39 Å². The minimum Gasteiger partial charge on any atom is -0.330 e. The van der Waals surface area contributed by atoms with Gasteiger partial charge in [0.15, 0.2) is 0 Å². The summed E-state index contributed by atoms with van der Waals surface area (Å²) in [6.07, 6.45) is 3.45. The van der Waals surface area contributed by atoms with Gasteiger partial charge >= 0.3 is 0 Å². The van der Waals surface area contributed by atoms with Crippen LogP contribution in [0.1, 0.15) is 34.8 Å². The molecule has 1 heterocycles. The SMILES string of the molecule is Cc1nc(Cc2ccccc2F)nc2c1CC(CN)CC2. The second-order valence-corrected chi connectivity index (χ2v) is 5.76. The number of aromatic nitrogens is 2. The molecule has 1 aliphatic carbocycles. The lowest BCUT2D eigenvalue weighted by atomic mass is 9.86. The van der Waals surface area contributed by atoms with E-state index in [2.05, 4.69) is 9.97 Å². The summed E-state index contributed by atoms with van der Waals surface area (Å²) in [5.74, 6) is 1.06. The summed E-state index contributed by atoms with van der Waals surface area (Å²) in [6.45, 7) is 2.74. The number of fused-ring (bicyclic) bond motifs is 1. The minimum atomic E-state index is -0.195. The van der Waals surface area contributed by atoms with Crippen molar-refractivity contribution in [2.24, 2.45) is 11.7 Å². The average Bonchev–Trinajstić information content (AvgIpc) is 2.49. The van der Waals surface area contributed by atoms with Gasteiger partial charge in [0.05, 0.1) is 0 Å². The van der Waals surface area contributed by atoms with Crippen LogP contribution in [0.3, 0.4) is 0 Å². The van der Waals surface area contributed by atoms with Crippen LogP contribution < -0.4 is 5.73 Å². The van der Waals surface area contributed by atoms with Gasteiger partial charge in [-0.05, 0) is 55.8 Å². The molecule has 0 spiro atoms. The summed E-state index contributed by atoms with van der Waals surface area (Å²) in [5.41, 5.74) is 9.81. The Bertz CT molecular complexity index is 654. The first-order valence-corrected chi connectivity index (χ1v) is 7.46. The predicted molar refractivity (Wildman–Crippen MR) is 80.5 cm³/mol. The zero-order chi connectivity index (χ0) is 14.8. The second-order valence-electron chi connectivity index (χ2n) is 5.76. The summed E-state index contributed by atoms with van der Waals surface area (Å²) >= 11 is 0.